The minimum Gasteiger partial charge on any atom is -0.493 e. The van der Waals surface area contributed by atoms with E-state index in [1.165, 1.54) is 18.5 Å². The van der Waals surface area contributed by atoms with Crippen LogP contribution in [0, 0.1) is 5.82 Å². The molecule has 0 bridgehead atoms. The topological polar surface area (TPSA) is 91.1 Å². The molecule has 1 aliphatic heterocycles. The van der Waals surface area contributed by atoms with E-state index in [2.05, 4.69) is 0 Å². The Labute approximate surface area is 153 Å². The number of sulfonamides is 1. The normalized spacial score (nSPS) is 21.5. The lowest BCUT2D eigenvalue weighted by Gasteiger charge is -2.37. The Hall–Kier alpha value is -1.13. The summed E-state index contributed by atoms with van der Waals surface area (Å²) in [6.45, 7) is 0.352. The molecule has 0 radical (unpaired) electrons. The van der Waals surface area contributed by atoms with Crippen LogP contribution in [0.4, 0.5) is 4.39 Å². The van der Waals surface area contributed by atoms with E-state index >= 15 is 0 Å². The molecular formula is C15H24ClFN2O5S. The van der Waals surface area contributed by atoms with E-state index in [4.69, 9.17) is 19.9 Å². The third-order valence-electron chi connectivity index (χ3n) is 4.24. The highest BCUT2D eigenvalue weighted by Gasteiger charge is 2.38. The molecule has 1 fully saturated rings. The van der Waals surface area contributed by atoms with E-state index in [0.717, 1.165) is 12.1 Å². The minimum absolute atomic E-state index is 0. The second-order valence-electron chi connectivity index (χ2n) is 5.52. The Morgan fingerprint density at radius 2 is 1.84 bits per heavy atom. The van der Waals surface area contributed by atoms with E-state index in [9.17, 15) is 12.8 Å². The smallest absolute Gasteiger partial charge is 0.246 e. The zero-order chi connectivity index (χ0) is 17.9. The first-order chi connectivity index (χ1) is 11.4. The fourth-order valence-corrected chi connectivity index (χ4v) is 4.62. The predicted molar refractivity (Wildman–Crippen MR) is 93.5 cm³/mol. The van der Waals surface area contributed by atoms with E-state index in [0.29, 0.717) is 12.8 Å². The lowest BCUT2D eigenvalue weighted by atomic mass is 10.0. The molecule has 2 rings (SSSR count). The van der Waals surface area contributed by atoms with Crippen molar-refractivity contribution >= 4 is 22.4 Å². The van der Waals surface area contributed by atoms with Crippen molar-refractivity contribution in [1.29, 1.82) is 0 Å². The van der Waals surface area contributed by atoms with Gasteiger partial charge in [0.2, 0.25) is 10.0 Å². The van der Waals surface area contributed by atoms with E-state index in [1.807, 2.05) is 0 Å². The van der Waals surface area contributed by atoms with Crippen LogP contribution in [-0.2, 0) is 14.8 Å². The van der Waals surface area contributed by atoms with Crippen LogP contribution in [0.2, 0.25) is 0 Å². The highest BCUT2D eigenvalue weighted by Crippen LogP contribution is 2.35. The Balaban J connectivity index is 0.00000312. The van der Waals surface area contributed by atoms with Crippen LogP contribution in [0.15, 0.2) is 17.0 Å². The van der Waals surface area contributed by atoms with E-state index in [-0.39, 0.29) is 43.1 Å². The van der Waals surface area contributed by atoms with Gasteiger partial charge in [0, 0.05) is 38.4 Å². The van der Waals surface area contributed by atoms with Crippen LogP contribution in [0.25, 0.3) is 0 Å². The van der Waals surface area contributed by atoms with Gasteiger partial charge < -0.3 is 19.9 Å². The lowest BCUT2D eigenvalue weighted by Crippen LogP contribution is -2.51. The van der Waals surface area contributed by atoms with Gasteiger partial charge in [-0.3, -0.25) is 0 Å². The fraction of sp³-hybridized carbons (Fsp3) is 0.600. The number of hydrogen-bond donors (Lipinski definition) is 1. The molecule has 0 spiro atoms. The molecule has 2 unspecified atom stereocenters. The summed E-state index contributed by atoms with van der Waals surface area (Å²) in [4.78, 5) is -0.450. The molecule has 10 heteroatoms. The van der Waals surface area contributed by atoms with Crippen molar-refractivity contribution in [3.8, 4) is 11.5 Å². The Morgan fingerprint density at radius 3 is 2.36 bits per heavy atom. The SMILES string of the molecule is COc1cc(F)c(S(=O)(=O)N2CCC(OC)CC2CN)cc1OC.Cl. The number of nitrogens with two attached hydrogens (primary N) is 1. The summed E-state index contributed by atoms with van der Waals surface area (Å²) in [5.41, 5.74) is 5.72. The van der Waals surface area contributed by atoms with Crippen LogP contribution in [-0.4, -0.2) is 59.3 Å². The van der Waals surface area contributed by atoms with Crippen molar-refractivity contribution in [3.63, 3.8) is 0 Å². The zero-order valence-corrected chi connectivity index (χ0v) is 16.0. The highest BCUT2D eigenvalue weighted by atomic mass is 35.5. The first-order valence-electron chi connectivity index (χ1n) is 7.55. The van der Waals surface area contributed by atoms with Gasteiger partial charge >= 0.3 is 0 Å². The van der Waals surface area contributed by atoms with Gasteiger partial charge in [0.15, 0.2) is 11.5 Å². The van der Waals surface area contributed by atoms with Crippen LogP contribution in [0.5, 0.6) is 11.5 Å². The third kappa shape index (κ3) is 4.35. The largest absolute Gasteiger partial charge is 0.493 e. The minimum atomic E-state index is -4.06. The number of hydrogen-bond acceptors (Lipinski definition) is 6. The number of benzene rings is 1. The molecule has 0 aromatic heterocycles. The maximum absolute atomic E-state index is 14.4. The van der Waals surface area contributed by atoms with Gasteiger partial charge in [0.25, 0.3) is 0 Å². The quantitative estimate of drug-likeness (QED) is 0.778. The van der Waals surface area contributed by atoms with Gasteiger partial charge in [0.05, 0.1) is 20.3 Å². The first kappa shape index (κ1) is 21.9. The molecule has 2 N–H and O–H groups in total. The van der Waals surface area contributed by atoms with Crippen molar-refractivity contribution in [3.05, 3.63) is 17.9 Å². The average Bonchev–Trinajstić information content (AvgIpc) is 2.60. The predicted octanol–water partition coefficient (Wildman–Crippen LogP) is 1.39. The maximum Gasteiger partial charge on any atom is 0.246 e. The number of methoxy groups -OCH3 is 3. The second kappa shape index (κ2) is 9.00. The Bertz CT molecular complexity index is 689. The third-order valence-corrected chi connectivity index (χ3v) is 6.21. The van der Waals surface area contributed by atoms with Crippen molar-refractivity contribution in [2.24, 2.45) is 5.73 Å². The summed E-state index contributed by atoms with van der Waals surface area (Å²) >= 11 is 0. The lowest BCUT2D eigenvalue weighted by molar-refractivity contribution is 0.0401. The first-order valence-corrected chi connectivity index (χ1v) is 8.99. The summed E-state index contributed by atoms with van der Waals surface area (Å²) in [6, 6.07) is 1.70. The number of nitrogens with zero attached hydrogens (tertiary/aromatic N) is 1. The van der Waals surface area contributed by atoms with Crippen LogP contribution in [0.1, 0.15) is 12.8 Å². The van der Waals surface area contributed by atoms with Crippen molar-refractivity contribution in [2.45, 2.75) is 29.9 Å². The molecule has 0 amide bonds. The highest BCUT2D eigenvalue weighted by molar-refractivity contribution is 7.89. The fourth-order valence-electron chi connectivity index (χ4n) is 2.90. The van der Waals surface area contributed by atoms with E-state index < -0.39 is 26.8 Å². The number of piperidine rings is 1. The Kier molecular flexibility index (Phi) is 7.88. The van der Waals surface area contributed by atoms with Gasteiger partial charge in [0.1, 0.15) is 10.7 Å². The summed E-state index contributed by atoms with van der Waals surface area (Å²) < 4.78 is 56.9. The van der Waals surface area contributed by atoms with Gasteiger partial charge in [-0.05, 0) is 12.8 Å². The molecule has 2 atom stereocenters. The Morgan fingerprint density at radius 1 is 1.24 bits per heavy atom. The molecule has 1 aromatic carbocycles. The second-order valence-corrected chi connectivity index (χ2v) is 7.38. The summed E-state index contributed by atoms with van der Waals surface area (Å²) in [6.07, 6.45) is 0.947. The average molecular weight is 399 g/mol. The van der Waals surface area contributed by atoms with E-state index in [1.54, 1.807) is 7.11 Å². The van der Waals surface area contributed by atoms with Crippen LogP contribution >= 0.6 is 12.4 Å². The molecule has 0 saturated carbocycles. The number of rotatable bonds is 6. The molecule has 1 heterocycles. The summed E-state index contributed by atoms with van der Waals surface area (Å²) in [5.74, 6) is -0.617. The summed E-state index contributed by atoms with van der Waals surface area (Å²) in [5, 5.41) is 0. The van der Waals surface area contributed by atoms with Crippen LogP contribution in [0.3, 0.4) is 0 Å². The van der Waals surface area contributed by atoms with Gasteiger partial charge in [-0.15, -0.1) is 12.4 Å². The number of ether oxygens (including phenoxy) is 3. The maximum atomic E-state index is 14.4. The van der Waals surface area contributed by atoms with Crippen molar-refractivity contribution < 1.29 is 27.0 Å². The zero-order valence-electron chi connectivity index (χ0n) is 14.4. The molecule has 1 saturated heterocycles. The molecule has 7 nitrogen and oxygen atoms in total. The molecule has 144 valence electrons. The molecule has 1 aliphatic rings. The van der Waals surface area contributed by atoms with Crippen molar-refractivity contribution in [1.82, 2.24) is 4.31 Å². The van der Waals surface area contributed by atoms with Gasteiger partial charge in [-0.2, -0.15) is 4.31 Å². The molecule has 25 heavy (non-hydrogen) atoms. The van der Waals surface area contributed by atoms with Gasteiger partial charge in [-0.25, -0.2) is 12.8 Å². The molecule has 1 aromatic rings. The van der Waals surface area contributed by atoms with Crippen molar-refractivity contribution in [2.75, 3.05) is 34.4 Å². The summed E-state index contributed by atoms with van der Waals surface area (Å²) in [7, 11) is 0.236. The van der Waals surface area contributed by atoms with Crippen LogP contribution < -0.4 is 15.2 Å². The standard InChI is InChI=1S/C15H23FN2O5S.ClH/c1-21-11-4-5-18(10(6-11)9-17)24(19,20)15-8-14(23-3)13(22-2)7-12(15)16;/h7-8,10-11H,4-6,9,17H2,1-3H3;1H. The molecule has 0 aliphatic carbocycles. The monoisotopic (exact) mass is 398 g/mol. The number of halogens is 2. The van der Waals surface area contributed by atoms with Gasteiger partial charge in [-0.1, -0.05) is 0 Å². The molecular weight excluding hydrogens is 375 g/mol.